The normalized spacial score (nSPS) is 25.8. The van der Waals surface area contributed by atoms with Crippen LogP contribution < -0.4 is 0 Å². The monoisotopic (exact) mass is 412 g/mol. The van der Waals surface area contributed by atoms with Crippen LogP contribution in [0.4, 0.5) is 0 Å². The Morgan fingerprint density at radius 1 is 1.19 bits per heavy atom. The van der Waals surface area contributed by atoms with E-state index in [1.807, 2.05) is 61.7 Å². The van der Waals surface area contributed by atoms with Crippen LogP contribution in [-0.4, -0.2) is 35.0 Å². The standard InChI is InChI=1S/C27H28N2O2/c1-3-19-17-29-15-13-21(19)16-25(29)26(31-27(30)20-10-8-18(2)9-11-20)23-12-14-28-24-7-5-4-6-22(23)24/h3-12,14,19,21,25-26H,1,13,15-17H2,2H3/t19-,21+,25-,26-/m0/s1. The van der Waals surface area contributed by atoms with E-state index in [-0.39, 0.29) is 18.1 Å². The van der Waals surface area contributed by atoms with E-state index in [1.165, 1.54) is 6.42 Å². The highest BCUT2D eigenvalue weighted by Crippen LogP contribution is 2.43. The number of benzene rings is 2. The number of rotatable bonds is 5. The van der Waals surface area contributed by atoms with Crippen LogP contribution in [-0.2, 0) is 4.74 Å². The van der Waals surface area contributed by atoms with Gasteiger partial charge in [0, 0.05) is 23.7 Å². The summed E-state index contributed by atoms with van der Waals surface area (Å²) in [6.07, 6.45) is 5.78. The quantitative estimate of drug-likeness (QED) is 0.419. The van der Waals surface area contributed by atoms with Gasteiger partial charge in [0.15, 0.2) is 0 Å². The molecule has 1 aromatic heterocycles. The third-order valence-electron chi connectivity index (χ3n) is 7.01. The Hall–Kier alpha value is -2.98. The summed E-state index contributed by atoms with van der Waals surface area (Å²) in [5, 5.41) is 1.05. The number of fused-ring (bicyclic) bond motifs is 4. The van der Waals surface area contributed by atoms with Crippen LogP contribution in [0.3, 0.4) is 0 Å². The molecular formula is C27H28N2O2. The van der Waals surface area contributed by atoms with Gasteiger partial charge in [-0.25, -0.2) is 4.79 Å². The van der Waals surface area contributed by atoms with Crippen LogP contribution in [0, 0.1) is 18.8 Å². The van der Waals surface area contributed by atoms with Crippen LogP contribution in [0.25, 0.3) is 10.9 Å². The highest BCUT2D eigenvalue weighted by molar-refractivity contribution is 5.90. The highest BCUT2D eigenvalue weighted by atomic mass is 16.5. The van der Waals surface area contributed by atoms with E-state index >= 15 is 0 Å². The number of piperidine rings is 3. The zero-order chi connectivity index (χ0) is 21.4. The van der Waals surface area contributed by atoms with Crippen molar-refractivity contribution in [2.45, 2.75) is 31.9 Å². The predicted octanol–water partition coefficient (Wildman–Crippen LogP) is 5.34. The summed E-state index contributed by atoms with van der Waals surface area (Å²) in [5.41, 5.74) is 3.68. The van der Waals surface area contributed by atoms with Gasteiger partial charge in [-0.3, -0.25) is 9.88 Å². The first kappa shape index (κ1) is 20.0. The molecule has 3 aliphatic rings. The van der Waals surface area contributed by atoms with Crippen LogP contribution in [0.5, 0.6) is 0 Å². The lowest BCUT2D eigenvalue weighted by atomic mass is 9.73. The minimum absolute atomic E-state index is 0.162. The fraction of sp³-hybridized carbons (Fsp3) is 0.333. The van der Waals surface area contributed by atoms with Gasteiger partial charge in [-0.1, -0.05) is 42.0 Å². The molecule has 31 heavy (non-hydrogen) atoms. The number of esters is 1. The number of pyridine rings is 1. The van der Waals surface area contributed by atoms with Crippen LogP contribution in [0.15, 0.2) is 73.4 Å². The van der Waals surface area contributed by atoms with Gasteiger partial charge in [-0.15, -0.1) is 6.58 Å². The maximum absolute atomic E-state index is 13.2. The lowest BCUT2D eigenvalue weighted by Gasteiger charge is -2.51. The first-order valence-corrected chi connectivity index (χ1v) is 11.1. The third-order valence-corrected chi connectivity index (χ3v) is 7.01. The largest absolute Gasteiger partial charge is 0.452 e. The molecule has 0 spiro atoms. The molecule has 0 amide bonds. The van der Waals surface area contributed by atoms with Crippen molar-refractivity contribution in [3.8, 4) is 0 Å². The number of nitrogens with zero attached hydrogens (tertiary/aromatic N) is 2. The Morgan fingerprint density at radius 2 is 2.00 bits per heavy atom. The van der Waals surface area contributed by atoms with E-state index in [4.69, 9.17) is 4.74 Å². The Balaban J connectivity index is 1.53. The average molecular weight is 413 g/mol. The van der Waals surface area contributed by atoms with Gasteiger partial charge >= 0.3 is 5.97 Å². The van der Waals surface area contributed by atoms with Crippen molar-refractivity contribution in [1.82, 2.24) is 9.88 Å². The Bertz CT molecular complexity index is 1100. The Morgan fingerprint density at radius 3 is 2.74 bits per heavy atom. The van der Waals surface area contributed by atoms with Gasteiger partial charge < -0.3 is 4.74 Å². The minimum atomic E-state index is -0.338. The van der Waals surface area contributed by atoms with Gasteiger partial charge in [0.1, 0.15) is 6.10 Å². The summed E-state index contributed by atoms with van der Waals surface area (Å²) in [6, 6.07) is 17.9. The van der Waals surface area contributed by atoms with Gasteiger partial charge in [-0.2, -0.15) is 0 Å². The van der Waals surface area contributed by atoms with Crippen molar-refractivity contribution in [2.75, 3.05) is 13.1 Å². The molecule has 0 saturated carbocycles. The van der Waals surface area contributed by atoms with Gasteiger partial charge in [0.2, 0.25) is 0 Å². The molecule has 0 radical (unpaired) electrons. The van der Waals surface area contributed by atoms with Crippen LogP contribution in [0.2, 0.25) is 0 Å². The van der Waals surface area contributed by atoms with E-state index in [1.54, 1.807) is 0 Å². The average Bonchev–Trinajstić information content (AvgIpc) is 2.82. The second-order valence-corrected chi connectivity index (χ2v) is 8.86. The summed E-state index contributed by atoms with van der Waals surface area (Å²) < 4.78 is 6.30. The molecule has 2 aromatic carbocycles. The molecular weight excluding hydrogens is 384 g/mol. The topological polar surface area (TPSA) is 42.4 Å². The molecule has 4 heterocycles. The van der Waals surface area contributed by atoms with Crippen LogP contribution in [0.1, 0.15) is 40.4 Å². The van der Waals surface area contributed by atoms with Crippen molar-refractivity contribution >= 4 is 16.9 Å². The first-order valence-electron chi connectivity index (χ1n) is 11.1. The minimum Gasteiger partial charge on any atom is -0.452 e. The summed E-state index contributed by atoms with van der Waals surface area (Å²) in [7, 11) is 0. The van der Waals surface area contributed by atoms with Gasteiger partial charge in [-0.05, 0) is 62.4 Å². The molecule has 2 bridgehead atoms. The first-order chi connectivity index (χ1) is 15.1. The number of para-hydroxylation sites is 1. The molecule has 4 nitrogen and oxygen atoms in total. The Labute approximate surface area is 183 Å². The number of aryl methyl sites for hydroxylation is 1. The fourth-order valence-corrected chi connectivity index (χ4v) is 5.28. The Kier molecular flexibility index (Phi) is 5.33. The smallest absolute Gasteiger partial charge is 0.338 e. The lowest BCUT2D eigenvalue weighted by molar-refractivity contribution is -0.0568. The molecule has 4 heteroatoms. The van der Waals surface area contributed by atoms with Crippen molar-refractivity contribution < 1.29 is 9.53 Å². The molecule has 3 aromatic rings. The molecule has 158 valence electrons. The van der Waals surface area contributed by atoms with Crippen molar-refractivity contribution in [3.05, 3.63) is 90.1 Å². The second kappa shape index (κ2) is 8.27. The lowest BCUT2D eigenvalue weighted by Crippen LogP contribution is -2.55. The van der Waals surface area contributed by atoms with Gasteiger partial charge in [0.25, 0.3) is 0 Å². The summed E-state index contributed by atoms with van der Waals surface area (Å²) in [5.74, 6) is 0.850. The molecule has 3 aliphatic heterocycles. The van der Waals surface area contributed by atoms with E-state index in [0.29, 0.717) is 17.4 Å². The zero-order valence-corrected chi connectivity index (χ0v) is 17.9. The maximum atomic E-state index is 13.2. The SMILES string of the molecule is C=C[C@H]1CN2CC[C@@H]1C[C@H]2[C@@H](OC(=O)c1ccc(C)cc1)c1ccnc2ccccc12. The van der Waals surface area contributed by atoms with E-state index in [0.717, 1.165) is 41.5 Å². The third kappa shape index (κ3) is 3.77. The number of aromatic nitrogens is 1. The van der Waals surface area contributed by atoms with Gasteiger partial charge in [0.05, 0.1) is 17.1 Å². The molecule has 0 aliphatic carbocycles. The van der Waals surface area contributed by atoms with Crippen molar-refractivity contribution in [2.24, 2.45) is 11.8 Å². The molecule has 5 atom stereocenters. The second-order valence-electron chi connectivity index (χ2n) is 8.86. The van der Waals surface area contributed by atoms with E-state index < -0.39 is 0 Å². The predicted molar refractivity (Wildman–Crippen MR) is 123 cm³/mol. The molecule has 1 unspecified atom stereocenters. The van der Waals surface area contributed by atoms with E-state index in [9.17, 15) is 4.79 Å². The number of carbonyl (C=O) groups is 1. The fourth-order valence-electron chi connectivity index (χ4n) is 5.28. The molecule has 3 saturated heterocycles. The van der Waals surface area contributed by atoms with Crippen LogP contribution >= 0.6 is 0 Å². The molecule has 3 fully saturated rings. The number of carbonyl (C=O) groups excluding carboxylic acids is 1. The maximum Gasteiger partial charge on any atom is 0.338 e. The number of hydrogen-bond acceptors (Lipinski definition) is 4. The summed E-state index contributed by atoms with van der Waals surface area (Å²) >= 11 is 0. The summed E-state index contributed by atoms with van der Waals surface area (Å²) in [4.78, 5) is 20.2. The number of ether oxygens (including phenoxy) is 1. The summed E-state index contributed by atoms with van der Waals surface area (Å²) in [6.45, 7) is 8.09. The van der Waals surface area contributed by atoms with E-state index in [2.05, 4.69) is 28.6 Å². The molecule has 0 N–H and O–H groups in total. The zero-order valence-electron chi connectivity index (χ0n) is 17.9. The van der Waals surface area contributed by atoms with Crippen molar-refractivity contribution in [3.63, 3.8) is 0 Å². The highest BCUT2D eigenvalue weighted by Gasteiger charge is 2.44. The molecule has 6 rings (SSSR count). The van der Waals surface area contributed by atoms with Crippen molar-refractivity contribution in [1.29, 1.82) is 0 Å². The number of hydrogen-bond donors (Lipinski definition) is 0.